The third kappa shape index (κ3) is 3.59. The second-order valence-electron chi connectivity index (χ2n) is 5.55. The summed E-state index contributed by atoms with van der Waals surface area (Å²) in [5, 5.41) is 24.1. The number of nitrogens with zero attached hydrogens (tertiary/aromatic N) is 6. The van der Waals surface area contributed by atoms with E-state index in [1.165, 1.54) is 17.9 Å². The number of anilines is 1. The number of carboxylic acids is 1. The van der Waals surface area contributed by atoms with Gasteiger partial charge in [0.1, 0.15) is 5.02 Å². The van der Waals surface area contributed by atoms with Crippen LogP contribution in [0.4, 0.5) is 5.82 Å². The Hall–Kier alpha value is -3.14. The Labute approximate surface area is 153 Å². The maximum atomic E-state index is 12.4. The monoisotopic (exact) mass is 377 g/mol. The number of carboxylic acid groups (broad SMARTS) is 1. The van der Waals surface area contributed by atoms with Gasteiger partial charge in [0.05, 0.1) is 18.3 Å². The number of hydrogen-bond acceptors (Lipinski definition) is 5. The molecule has 0 saturated heterocycles. The van der Waals surface area contributed by atoms with Crippen LogP contribution in [0.1, 0.15) is 33.3 Å². The molecule has 2 N–H and O–H groups in total. The quantitative estimate of drug-likeness (QED) is 0.671. The highest BCUT2D eigenvalue weighted by Gasteiger charge is 2.22. The van der Waals surface area contributed by atoms with Gasteiger partial charge in [0.15, 0.2) is 11.5 Å². The van der Waals surface area contributed by atoms with Crippen LogP contribution in [0.15, 0.2) is 24.8 Å². The van der Waals surface area contributed by atoms with Crippen LogP contribution in [-0.4, -0.2) is 46.3 Å². The van der Waals surface area contributed by atoms with Crippen molar-refractivity contribution in [2.45, 2.75) is 20.0 Å². The molecule has 1 amide bonds. The van der Waals surface area contributed by atoms with Crippen LogP contribution in [0.5, 0.6) is 0 Å². The zero-order valence-corrected chi connectivity index (χ0v) is 14.8. The largest absolute Gasteiger partial charge is 0.476 e. The van der Waals surface area contributed by atoms with E-state index in [2.05, 4.69) is 20.6 Å². The van der Waals surface area contributed by atoms with E-state index in [1.54, 1.807) is 21.8 Å². The number of hydrogen-bond donors (Lipinski definition) is 2. The molecule has 0 atom stereocenters. The first-order valence-corrected chi connectivity index (χ1v) is 8.07. The maximum absolute atomic E-state index is 12.4. The van der Waals surface area contributed by atoms with Crippen molar-refractivity contribution in [3.8, 4) is 0 Å². The van der Waals surface area contributed by atoms with Gasteiger partial charge in [0.25, 0.3) is 5.91 Å². The molecule has 0 saturated carbocycles. The third-order valence-corrected chi connectivity index (χ3v) is 3.86. The van der Waals surface area contributed by atoms with Gasteiger partial charge in [0.2, 0.25) is 0 Å². The number of halogens is 1. The minimum absolute atomic E-state index is 0.0742. The molecule has 136 valence electrons. The molecule has 0 aliphatic carbocycles. The summed E-state index contributed by atoms with van der Waals surface area (Å²) in [6.45, 7) is 3.18. The van der Waals surface area contributed by atoms with E-state index in [9.17, 15) is 9.59 Å². The van der Waals surface area contributed by atoms with E-state index in [0.717, 1.165) is 12.1 Å². The van der Waals surface area contributed by atoms with Crippen LogP contribution in [0, 0.1) is 0 Å². The van der Waals surface area contributed by atoms with Gasteiger partial charge in [-0.15, -0.1) is 0 Å². The van der Waals surface area contributed by atoms with Crippen LogP contribution in [-0.2, 0) is 20.1 Å². The lowest BCUT2D eigenvalue weighted by Gasteiger charge is -2.01. The number of aromatic nitrogens is 6. The van der Waals surface area contributed by atoms with Crippen molar-refractivity contribution in [1.29, 1.82) is 0 Å². The molecule has 0 fully saturated rings. The smallest absolute Gasteiger partial charge is 0.357 e. The van der Waals surface area contributed by atoms with E-state index in [0.29, 0.717) is 6.54 Å². The number of carbonyl (C=O) groups is 2. The van der Waals surface area contributed by atoms with Gasteiger partial charge in [-0.1, -0.05) is 11.6 Å². The van der Waals surface area contributed by atoms with Crippen molar-refractivity contribution in [3.63, 3.8) is 0 Å². The Kier molecular flexibility index (Phi) is 4.76. The lowest BCUT2D eigenvalue weighted by atomic mass is 10.2. The number of carbonyl (C=O) groups excluding carboxylic acids is 1. The average molecular weight is 378 g/mol. The zero-order valence-electron chi connectivity index (χ0n) is 14.0. The lowest BCUT2D eigenvalue weighted by molar-refractivity contribution is 0.0685. The van der Waals surface area contributed by atoms with Gasteiger partial charge >= 0.3 is 5.97 Å². The maximum Gasteiger partial charge on any atom is 0.357 e. The summed E-state index contributed by atoms with van der Waals surface area (Å²) >= 11 is 6.13. The van der Waals surface area contributed by atoms with Gasteiger partial charge in [-0.25, -0.2) is 4.79 Å². The Morgan fingerprint density at radius 1 is 1.23 bits per heavy atom. The average Bonchev–Trinajstić information content (AvgIpc) is 3.27. The van der Waals surface area contributed by atoms with Crippen molar-refractivity contribution in [1.82, 2.24) is 29.3 Å². The number of nitrogens with one attached hydrogen (secondary N) is 1. The number of aromatic carboxylic acids is 1. The van der Waals surface area contributed by atoms with E-state index >= 15 is 0 Å². The third-order valence-electron chi connectivity index (χ3n) is 3.58. The predicted molar refractivity (Wildman–Crippen MR) is 92.4 cm³/mol. The first-order valence-electron chi connectivity index (χ1n) is 7.70. The summed E-state index contributed by atoms with van der Waals surface area (Å²) in [5.41, 5.74) is 0.520. The summed E-state index contributed by atoms with van der Waals surface area (Å²) in [6, 6.07) is 0. The summed E-state index contributed by atoms with van der Waals surface area (Å²) < 4.78 is 4.61. The van der Waals surface area contributed by atoms with E-state index in [4.69, 9.17) is 16.7 Å². The van der Waals surface area contributed by atoms with Crippen molar-refractivity contribution in [2.75, 3.05) is 5.32 Å². The fourth-order valence-electron chi connectivity index (χ4n) is 2.40. The van der Waals surface area contributed by atoms with Gasteiger partial charge in [0, 0.05) is 37.7 Å². The fraction of sp³-hybridized carbons (Fsp3) is 0.267. The Bertz CT molecular complexity index is 972. The highest BCUT2D eigenvalue weighted by atomic mass is 35.5. The minimum Gasteiger partial charge on any atom is -0.476 e. The van der Waals surface area contributed by atoms with Crippen LogP contribution in [0.25, 0.3) is 0 Å². The topological polar surface area (TPSA) is 120 Å². The Balaban J connectivity index is 1.77. The van der Waals surface area contributed by atoms with E-state index in [1.807, 2.05) is 13.1 Å². The molecule has 3 aromatic heterocycles. The second kappa shape index (κ2) is 7.00. The van der Waals surface area contributed by atoms with E-state index < -0.39 is 11.9 Å². The Morgan fingerprint density at radius 2 is 2.00 bits per heavy atom. The van der Waals surface area contributed by atoms with Crippen molar-refractivity contribution >= 4 is 29.3 Å². The molecule has 3 aromatic rings. The standard InChI is InChI=1S/C15H16ClN7O3/c1-3-22-5-9(4-17-22)6-23-8-11(16)13(20-23)18-14(24)10-7-21(2)19-12(10)15(25)26/h4-5,7-8H,3,6H2,1-2H3,(H,25,26)(H,18,20,24). The first-order chi connectivity index (χ1) is 12.4. The van der Waals surface area contributed by atoms with Crippen LogP contribution < -0.4 is 5.32 Å². The van der Waals surface area contributed by atoms with E-state index in [-0.39, 0.29) is 22.1 Å². The molecule has 10 nitrogen and oxygen atoms in total. The molecule has 3 heterocycles. The zero-order chi connectivity index (χ0) is 18.8. The molecule has 3 rings (SSSR count). The molecule has 0 aliphatic rings. The van der Waals surface area contributed by atoms with Gasteiger partial charge in [-0.05, 0) is 6.92 Å². The number of aryl methyl sites for hydroxylation is 2. The molecule has 26 heavy (non-hydrogen) atoms. The van der Waals surface area contributed by atoms with Gasteiger partial charge < -0.3 is 10.4 Å². The summed E-state index contributed by atoms with van der Waals surface area (Å²) in [6.07, 6.45) is 6.51. The summed E-state index contributed by atoms with van der Waals surface area (Å²) in [5.74, 6) is -1.80. The molecule has 11 heteroatoms. The molecule has 0 spiro atoms. The molecular weight excluding hydrogens is 362 g/mol. The number of rotatable bonds is 6. The van der Waals surface area contributed by atoms with Crippen molar-refractivity contribution in [2.24, 2.45) is 7.05 Å². The molecule has 0 aromatic carbocycles. The predicted octanol–water partition coefficient (Wildman–Crippen LogP) is 1.49. The second-order valence-corrected chi connectivity index (χ2v) is 5.96. The van der Waals surface area contributed by atoms with Crippen LogP contribution in [0.3, 0.4) is 0 Å². The fourth-order valence-corrected chi connectivity index (χ4v) is 2.60. The molecule has 0 bridgehead atoms. The summed E-state index contributed by atoms with van der Waals surface area (Å²) in [4.78, 5) is 23.5. The normalized spacial score (nSPS) is 10.9. The highest BCUT2D eigenvalue weighted by Crippen LogP contribution is 2.21. The minimum atomic E-state index is -1.29. The van der Waals surface area contributed by atoms with Gasteiger partial charge in [-0.2, -0.15) is 15.3 Å². The molecule has 0 unspecified atom stereocenters. The van der Waals surface area contributed by atoms with Gasteiger partial charge in [-0.3, -0.25) is 18.8 Å². The highest BCUT2D eigenvalue weighted by molar-refractivity contribution is 6.33. The SMILES string of the molecule is CCn1cc(Cn2cc(Cl)c(NC(=O)c3cn(C)nc3C(=O)O)n2)cn1. The number of amides is 1. The molecule has 0 radical (unpaired) electrons. The van der Waals surface area contributed by atoms with Crippen molar-refractivity contribution < 1.29 is 14.7 Å². The first kappa shape index (κ1) is 17.7. The summed E-state index contributed by atoms with van der Waals surface area (Å²) in [7, 11) is 1.53. The molecular formula is C15H16ClN7O3. The van der Waals surface area contributed by atoms with Crippen LogP contribution in [0.2, 0.25) is 5.02 Å². The van der Waals surface area contributed by atoms with Crippen molar-refractivity contribution in [3.05, 3.63) is 46.6 Å². The lowest BCUT2D eigenvalue weighted by Crippen LogP contribution is -2.16. The Morgan fingerprint density at radius 3 is 2.65 bits per heavy atom. The molecule has 0 aliphatic heterocycles. The van der Waals surface area contributed by atoms with Crippen LogP contribution >= 0.6 is 11.6 Å².